The average molecular weight is 377 g/mol. The Morgan fingerprint density at radius 3 is 2.50 bits per heavy atom. The number of nitrogens with zero attached hydrogens (tertiary/aromatic N) is 3. The van der Waals surface area contributed by atoms with Crippen molar-refractivity contribution in [1.82, 2.24) is 20.1 Å². The SMILES string of the molecule is O=C(N1CC(c2nc(C3CC3)n[nH]2)C2(CCCC2)C1)C1(c2ccccc2)CC1. The molecule has 146 valence electrons. The number of hydrogen-bond donors (Lipinski definition) is 1. The Hall–Kier alpha value is -2.17. The van der Waals surface area contributed by atoms with Crippen LogP contribution in [0.3, 0.4) is 0 Å². The van der Waals surface area contributed by atoms with Gasteiger partial charge in [0.15, 0.2) is 5.82 Å². The fourth-order valence-corrected chi connectivity index (χ4v) is 5.86. The van der Waals surface area contributed by atoms with Crippen molar-refractivity contribution >= 4 is 5.91 Å². The lowest BCUT2D eigenvalue weighted by molar-refractivity contribution is -0.133. The Balaban J connectivity index is 1.30. The number of likely N-dealkylation sites (tertiary alicyclic amines) is 1. The maximum atomic E-state index is 13.7. The molecular weight excluding hydrogens is 348 g/mol. The van der Waals surface area contributed by atoms with Crippen LogP contribution in [-0.4, -0.2) is 39.1 Å². The van der Waals surface area contributed by atoms with Gasteiger partial charge in [-0.15, -0.1) is 0 Å². The van der Waals surface area contributed by atoms with Crippen LogP contribution in [0.25, 0.3) is 0 Å². The first-order valence-electron chi connectivity index (χ1n) is 11.0. The summed E-state index contributed by atoms with van der Waals surface area (Å²) in [7, 11) is 0. The number of aromatic nitrogens is 3. The van der Waals surface area contributed by atoms with E-state index in [2.05, 4.69) is 39.4 Å². The molecule has 0 bridgehead atoms. The summed E-state index contributed by atoms with van der Waals surface area (Å²) in [5.41, 5.74) is 1.12. The fourth-order valence-electron chi connectivity index (χ4n) is 5.86. The minimum absolute atomic E-state index is 0.197. The highest BCUT2D eigenvalue weighted by molar-refractivity contribution is 5.91. The van der Waals surface area contributed by atoms with Gasteiger partial charge < -0.3 is 4.90 Å². The van der Waals surface area contributed by atoms with Crippen molar-refractivity contribution in [2.24, 2.45) is 5.41 Å². The minimum atomic E-state index is -0.267. The van der Waals surface area contributed by atoms with Gasteiger partial charge in [-0.05, 0) is 49.5 Å². The van der Waals surface area contributed by atoms with E-state index in [0.29, 0.717) is 17.7 Å². The summed E-state index contributed by atoms with van der Waals surface area (Å²) in [5.74, 6) is 3.25. The molecule has 1 atom stereocenters. The largest absolute Gasteiger partial charge is 0.341 e. The van der Waals surface area contributed by atoms with Gasteiger partial charge in [0, 0.05) is 24.9 Å². The molecule has 0 radical (unpaired) electrons. The summed E-state index contributed by atoms with van der Waals surface area (Å²) in [5, 5.41) is 7.78. The third-order valence-corrected chi connectivity index (χ3v) is 7.81. The number of H-pyrrole nitrogens is 1. The fraction of sp³-hybridized carbons (Fsp3) is 0.609. The number of benzene rings is 1. The highest BCUT2D eigenvalue weighted by Gasteiger charge is 2.58. The normalized spacial score (nSPS) is 27.4. The number of carbonyl (C=O) groups excluding carboxylic acids is 1. The summed E-state index contributed by atoms with van der Waals surface area (Å²) in [6, 6.07) is 10.4. The second-order valence-corrected chi connectivity index (χ2v) is 9.61. The average Bonchev–Trinajstić information content (AvgIpc) is 3.61. The molecule has 3 aliphatic carbocycles. The highest BCUT2D eigenvalue weighted by Crippen LogP contribution is 2.56. The summed E-state index contributed by atoms with van der Waals surface area (Å²) >= 11 is 0. The molecule has 6 rings (SSSR count). The van der Waals surface area contributed by atoms with E-state index in [1.807, 2.05) is 6.07 Å². The van der Waals surface area contributed by atoms with E-state index < -0.39 is 0 Å². The number of hydrogen-bond acceptors (Lipinski definition) is 3. The Kier molecular flexibility index (Phi) is 3.54. The van der Waals surface area contributed by atoms with Crippen LogP contribution in [0.4, 0.5) is 0 Å². The van der Waals surface area contributed by atoms with Gasteiger partial charge in [-0.25, -0.2) is 4.98 Å². The molecule has 2 heterocycles. The van der Waals surface area contributed by atoms with E-state index >= 15 is 0 Å². The number of nitrogens with one attached hydrogen (secondary N) is 1. The molecule has 2 aromatic rings. The summed E-state index contributed by atoms with van der Waals surface area (Å²) < 4.78 is 0. The zero-order chi connectivity index (χ0) is 18.8. The smallest absolute Gasteiger partial charge is 0.233 e. The Morgan fingerprint density at radius 2 is 1.82 bits per heavy atom. The molecule has 1 spiro atoms. The van der Waals surface area contributed by atoms with Gasteiger partial charge in [0.05, 0.1) is 5.41 Å². The summed E-state index contributed by atoms with van der Waals surface area (Å²) in [4.78, 5) is 20.7. The molecule has 4 fully saturated rings. The molecular formula is C23H28N4O. The molecule has 1 N–H and O–H groups in total. The van der Waals surface area contributed by atoms with Gasteiger partial charge in [0.2, 0.25) is 5.91 Å². The number of carbonyl (C=O) groups is 1. The van der Waals surface area contributed by atoms with E-state index in [9.17, 15) is 4.79 Å². The topological polar surface area (TPSA) is 61.9 Å². The first kappa shape index (κ1) is 16.8. The quantitative estimate of drug-likeness (QED) is 0.880. The van der Waals surface area contributed by atoms with E-state index in [4.69, 9.17) is 4.98 Å². The van der Waals surface area contributed by atoms with Crippen molar-refractivity contribution in [3.8, 4) is 0 Å². The van der Waals surface area contributed by atoms with E-state index in [-0.39, 0.29) is 10.8 Å². The van der Waals surface area contributed by atoms with E-state index in [1.165, 1.54) is 44.1 Å². The van der Waals surface area contributed by atoms with Gasteiger partial charge in [0.25, 0.3) is 0 Å². The van der Waals surface area contributed by atoms with Crippen LogP contribution in [-0.2, 0) is 10.2 Å². The second-order valence-electron chi connectivity index (χ2n) is 9.61. The first-order valence-corrected chi connectivity index (χ1v) is 11.0. The van der Waals surface area contributed by atoms with Crippen LogP contribution in [0.2, 0.25) is 0 Å². The van der Waals surface area contributed by atoms with Crippen LogP contribution >= 0.6 is 0 Å². The van der Waals surface area contributed by atoms with Crippen LogP contribution in [0.5, 0.6) is 0 Å². The Morgan fingerprint density at radius 1 is 1.07 bits per heavy atom. The molecule has 1 unspecified atom stereocenters. The molecule has 1 aromatic heterocycles. The van der Waals surface area contributed by atoms with Crippen LogP contribution < -0.4 is 0 Å². The predicted molar refractivity (Wildman–Crippen MR) is 106 cm³/mol. The lowest BCUT2D eigenvalue weighted by atomic mass is 9.76. The third-order valence-electron chi connectivity index (χ3n) is 7.81. The van der Waals surface area contributed by atoms with E-state index in [1.54, 1.807) is 0 Å². The van der Waals surface area contributed by atoms with Crippen molar-refractivity contribution in [2.75, 3.05) is 13.1 Å². The van der Waals surface area contributed by atoms with Crippen LogP contribution in [0.15, 0.2) is 30.3 Å². The standard InChI is InChI=1S/C23H28N4O/c28-21(23(12-13-23)17-6-2-1-3-7-17)27-14-18(22(15-27)10-4-5-11-22)20-24-19(25-26-20)16-8-9-16/h1-3,6-7,16,18H,4-5,8-15H2,(H,24,25,26). The van der Waals surface area contributed by atoms with Crippen molar-refractivity contribution in [3.05, 3.63) is 47.5 Å². The lowest BCUT2D eigenvalue weighted by Crippen LogP contribution is -2.39. The molecule has 1 aliphatic heterocycles. The van der Waals surface area contributed by atoms with Crippen molar-refractivity contribution < 1.29 is 4.79 Å². The summed E-state index contributed by atoms with van der Waals surface area (Å²) in [6.45, 7) is 1.69. The number of aromatic amines is 1. The highest BCUT2D eigenvalue weighted by atomic mass is 16.2. The lowest BCUT2D eigenvalue weighted by Gasteiger charge is -2.29. The molecule has 1 amide bonds. The molecule has 4 aliphatic rings. The van der Waals surface area contributed by atoms with Crippen molar-refractivity contribution in [3.63, 3.8) is 0 Å². The van der Waals surface area contributed by atoms with Gasteiger partial charge in [0.1, 0.15) is 5.82 Å². The van der Waals surface area contributed by atoms with Gasteiger partial charge in [-0.3, -0.25) is 9.89 Å². The zero-order valence-corrected chi connectivity index (χ0v) is 16.4. The molecule has 3 saturated carbocycles. The van der Waals surface area contributed by atoms with E-state index in [0.717, 1.165) is 37.6 Å². The Bertz CT molecular complexity index is 890. The zero-order valence-electron chi connectivity index (χ0n) is 16.4. The molecule has 1 saturated heterocycles. The number of rotatable bonds is 4. The predicted octanol–water partition coefficient (Wildman–Crippen LogP) is 3.90. The molecule has 5 nitrogen and oxygen atoms in total. The van der Waals surface area contributed by atoms with Gasteiger partial charge in [-0.2, -0.15) is 5.10 Å². The van der Waals surface area contributed by atoms with Crippen molar-refractivity contribution in [1.29, 1.82) is 0 Å². The molecule has 5 heteroatoms. The second kappa shape index (κ2) is 5.91. The minimum Gasteiger partial charge on any atom is -0.341 e. The number of amides is 1. The van der Waals surface area contributed by atoms with Crippen LogP contribution in [0.1, 0.15) is 80.4 Å². The van der Waals surface area contributed by atoms with Gasteiger partial charge in [-0.1, -0.05) is 43.2 Å². The summed E-state index contributed by atoms with van der Waals surface area (Å²) in [6.07, 6.45) is 9.36. The van der Waals surface area contributed by atoms with Gasteiger partial charge >= 0.3 is 0 Å². The molecule has 1 aromatic carbocycles. The molecule has 28 heavy (non-hydrogen) atoms. The monoisotopic (exact) mass is 376 g/mol. The maximum Gasteiger partial charge on any atom is 0.233 e. The third kappa shape index (κ3) is 2.48. The first-order chi connectivity index (χ1) is 13.7. The van der Waals surface area contributed by atoms with Crippen LogP contribution in [0, 0.1) is 5.41 Å². The van der Waals surface area contributed by atoms with Crippen molar-refractivity contribution in [2.45, 2.75) is 68.6 Å². The Labute approximate surface area is 165 Å². The maximum absolute atomic E-state index is 13.7.